The zero-order valence-electron chi connectivity index (χ0n) is 11.0. The van der Waals surface area contributed by atoms with Gasteiger partial charge in [-0.1, -0.05) is 30.3 Å². The van der Waals surface area contributed by atoms with E-state index in [-0.39, 0.29) is 11.4 Å². The Morgan fingerprint density at radius 2 is 1.67 bits per heavy atom. The Balaban J connectivity index is 2.08. The fourth-order valence-corrected chi connectivity index (χ4v) is 2.09. The number of nitrogen functional groups attached to an aromatic ring is 1. The van der Waals surface area contributed by atoms with Crippen molar-refractivity contribution in [3.8, 4) is 0 Å². The van der Waals surface area contributed by atoms with Crippen molar-refractivity contribution in [2.24, 2.45) is 0 Å². The summed E-state index contributed by atoms with van der Waals surface area (Å²) in [5, 5.41) is 2.95. The second kappa shape index (κ2) is 5.13. The van der Waals surface area contributed by atoms with Gasteiger partial charge in [0.1, 0.15) is 11.1 Å². The highest BCUT2D eigenvalue weighted by Gasteiger charge is 2.19. The fourth-order valence-electron chi connectivity index (χ4n) is 2.09. The van der Waals surface area contributed by atoms with Crippen LogP contribution in [0.4, 0.5) is 11.6 Å². The van der Waals surface area contributed by atoms with E-state index in [9.17, 15) is 9.59 Å². The van der Waals surface area contributed by atoms with Gasteiger partial charge >= 0.3 is 0 Å². The summed E-state index contributed by atoms with van der Waals surface area (Å²) < 4.78 is 5.35. The summed E-state index contributed by atoms with van der Waals surface area (Å²) in [7, 11) is 0. The Hall–Kier alpha value is -3.08. The zero-order valence-corrected chi connectivity index (χ0v) is 11.0. The molecule has 104 valence electrons. The van der Waals surface area contributed by atoms with E-state index in [1.807, 2.05) is 6.07 Å². The molecule has 0 saturated carbocycles. The van der Waals surface area contributed by atoms with Gasteiger partial charge in [-0.3, -0.25) is 9.59 Å². The van der Waals surface area contributed by atoms with Crippen LogP contribution in [0.2, 0.25) is 0 Å². The molecule has 5 nitrogen and oxygen atoms in total. The van der Waals surface area contributed by atoms with Gasteiger partial charge in [0.15, 0.2) is 0 Å². The summed E-state index contributed by atoms with van der Waals surface area (Å²) in [5.74, 6) is -0.773. The van der Waals surface area contributed by atoms with Gasteiger partial charge in [-0.2, -0.15) is 0 Å². The number of anilines is 2. The van der Waals surface area contributed by atoms with E-state index in [1.165, 1.54) is 0 Å². The molecule has 3 aromatic rings. The lowest BCUT2D eigenvalue weighted by Gasteiger charge is -2.07. The second-order valence-electron chi connectivity index (χ2n) is 4.49. The second-order valence-corrected chi connectivity index (χ2v) is 4.49. The van der Waals surface area contributed by atoms with Crippen molar-refractivity contribution < 1.29 is 9.21 Å². The molecule has 1 amide bonds. The Kier molecular flexibility index (Phi) is 3.16. The molecule has 0 fully saturated rings. The van der Waals surface area contributed by atoms with Gasteiger partial charge in [-0.15, -0.1) is 0 Å². The first-order chi connectivity index (χ1) is 10.2. The smallest absolute Gasteiger partial charge is 0.265 e. The molecule has 1 aromatic heterocycles. The number of hydrogen-bond donors (Lipinski definition) is 2. The van der Waals surface area contributed by atoms with Crippen LogP contribution in [0.1, 0.15) is 10.4 Å². The standard InChI is InChI=1S/C16H12N2O3/c17-15-13(16(20)18-10-6-2-1-3-7-10)14(19)11-8-4-5-9-12(11)21-15/h1-9H,17H2,(H,18,20). The lowest BCUT2D eigenvalue weighted by atomic mass is 10.1. The quantitative estimate of drug-likeness (QED) is 0.755. The van der Waals surface area contributed by atoms with Crippen LogP contribution in [0, 0.1) is 0 Å². The number of carbonyl (C=O) groups excluding carboxylic acids is 1. The molecule has 0 atom stereocenters. The Bertz CT molecular complexity index is 870. The van der Waals surface area contributed by atoms with Crippen LogP contribution in [0.3, 0.4) is 0 Å². The van der Waals surface area contributed by atoms with Crippen molar-refractivity contribution >= 4 is 28.4 Å². The van der Waals surface area contributed by atoms with Crippen LogP contribution in [-0.4, -0.2) is 5.91 Å². The first-order valence-electron chi connectivity index (χ1n) is 6.34. The maximum Gasteiger partial charge on any atom is 0.265 e. The summed E-state index contributed by atoms with van der Waals surface area (Å²) in [6.07, 6.45) is 0. The minimum atomic E-state index is -0.585. The average molecular weight is 280 g/mol. The molecule has 1 heterocycles. The molecule has 0 radical (unpaired) electrons. The van der Waals surface area contributed by atoms with E-state index >= 15 is 0 Å². The molecule has 0 unspecified atom stereocenters. The largest absolute Gasteiger partial charge is 0.440 e. The molecule has 5 heteroatoms. The van der Waals surface area contributed by atoms with Crippen molar-refractivity contribution in [1.82, 2.24) is 0 Å². The summed E-state index contributed by atoms with van der Waals surface area (Å²) in [6, 6.07) is 15.5. The van der Waals surface area contributed by atoms with E-state index in [0.717, 1.165) is 0 Å². The van der Waals surface area contributed by atoms with Gasteiger partial charge in [0, 0.05) is 5.69 Å². The minimum absolute atomic E-state index is 0.183. The van der Waals surface area contributed by atoms with Crippen LogP contribution < -0.4 is 16.5 Å². The third-order valence-electron chi connectivity index (χ3n) is 3.08. The highest BCUT2D eigenvalue weighted by atomic mass is 16.3. The summed E-state index contributed by atoms with van der Waals surface area (Å²) >= 11 is 0. The van der Waals surface area contributed by atoms with Crippen LogP contribution in [-0.2, 0) is 0 Å². The predicted molar refractivity (Wildman–Crippen MR) is 81.3 cm³/mol. The number of nitrogens with one attached hydrogen (secondary N) is 1. The molecule has 3 rings (SSSR count). The number of amides is 1. The van der Waals surface area contributed by atoms with Crippen LogP contribution in [0.15, 0.2) is 63.8 Å². The lowest BCUT2D eigenvalue weighted by molar-refractivity contribution is 0.102. The highest BCUT2D eigenvalue weighted by Crippen LogP contribution is 2.18. The van der Waals surface area contributed by atoms with Gasteiger partial charge in [-0.25, -0.2) is 0 Å². The molecule has 3 N–H and O–H groups in total. The molecule has 0 aliphatic rings. The maximum atomic E-state index is 12.4. The SMILES string of the molecule is Nc1oc2ccccc2c(=O)c1C(=O)Nc1ccccc1. The Morgan fingerprint density at radius 3 is 2.43 bits per heavy atom. The van der Waals surface area contributed by atoms with Gasteiger partial charge in [0.2, 0.25) is 11.3 Å². The van der Waals surface area contributed by atoms with Crippen LogP contribution >= 0.6 is 0 Å². The van der Waals surface area contributed by atoms with E-state index in [1.54, 1.807) is 48.5 Å². The van der Waals surface area contributed by atoms with Gasteiger partial charge in [0.25, 0.3) is 5.91 Å². The predicted octanol–water partition coefficient (Wildman–Crippen LogP) is 2.63. The molecule has 0 aliphatic carbocycles. The summed E-state index contributed by atoms with van der Waals surface area (Å²) in [6.45, 7) is 0. The number of fused-ring (bicyclic) bond motifs is 1. The number of hydrogen-bond acceptors (Lipinski definition) is 4. The van der Waals surface area contributed by atoms with Crippen molar-refractivity contribution in [2.45, 2.75) is 0 Å². The molecule has 0 bridgehead atoms. The van der Waals surface area contributed by atoms with Crippen molar-refractivity contribution in [3.63, 3.8) is 0 Å². The van der Waals surface area contributed by atoms with E-state index in [2.05, 4.69) is 5.32 Å². The number of carbonyl (C=O) groups is 1. The molecule has 0 saturated heterocycles. The van der Waals surface area contributed by atoms with E-state index in [4.69, 9.17) is 10.2 Å². The Labute approximate surface area is 120 Å². The first kappa shape index (κ1) is 12.9. The fraction of sp³-hybridized carbons (Fsp3) is 0. The lowest BCUT2D eigenvalue weighted by Crippen LogP contribution is -2.23. The number of benzene rings is 2. The van der Waals surface area contributed by atoms with E-state index < -0.39 is 11.3 Å². The van der Waals surface area contributed by atoms with Gasteiger partial charge in [0.05, 0.1) is 5.39 Å². The number of rotatable bonds is 2. The summed E-state index contributed by atoms with van der Waals surface area (Å²) in [5.41, 5.74) is 6.03. The van der Waals surface area contributed by atoms with Crippen LogP contribution in [0.25, 0.3) is 11.0 Å². The Morgan fingerprint density at radius 1 is 1.00 bits per heavy atom. The first-order valence-corrected chi connectivity index (χ1v) is 6.34. The van der Waals surface area contributed by atoms with Crippen molar-refractivity contribution in [2.75, 3.05) is 11.1 Å². The number of para-hydroxylation sites is 2. The topological polar surface area (TPSA) is 85.3 Å². The summed E-state index contributed by atoms with van der Waals surface area (Å²) in [4.78, 5) is 24.6. The molecule has 0 spiro atoms. The van der Waals surface area contributed by atoms with Gasteiger partial charge < -0.3 is 15.5 Å². The molecular formula is C16H12N2O3. The average Bonchev–Trinajstić information content (AvgIpc) is 2.48. The molecule has 2 aromatic carbocycles. The third kappa shape index (κ3) is 2.36. The molecular weight excluding hydrogens is 268 g/mol. The molecule has 21 heavy (non-hydrogen) atoms. The monoisotopic (exact) mass is 280 g/mol. The van der Waals surface area contributed by atoms with Crippen molar-refractivity contribution in [3.05, 3.63) is 70.4 Å². The maximum absolute atomic E-state index is 12.4. The van der Waals surface area contributed by atoms with Gasteiger partial charge in [-0.05, 0) is 24.3 Å². The van der Waals surface area contributed by atoms with Crippen LogP contribution in [0.5, 0.6) is 0 Å². The number of nitrogens with two attached hydrogens (primary N) is 1. The van der Waals surface area contributed by atoms with E-state index in [0.29, 0.717) is 16.7 Å². The highest BCUT2D eigenvalue weighted by molar-refractivity contribution is 6.08. The molecule has 0 aliphatic heterocycles. The normalized spacial score (nSPS) is 10.5. The van der Waals surface area contributed by atoms with Crippen molar-refractivity contribution in [1.29, 1.82) is 0 Å². The third-order valence-corrected chi connectivity index (χ3v) is 3.08. The zero-order chi connectivity index (χ0) is 14.8. The minimum Gasteiger partial charge on any atom is -0.440 e.